The van der Waals surface area contributed by atoms with Gasteiger partial charge in [0.15, 0.2) is 0 Å². The molecule has 2 N–H and O–H groups in total. The van der Waals surface area contributed by atoms with Crippen LogP contribution in [0.4, 0.5) is 8.78 Å². The average Bonchev–Trinajstić information content (AvgIpc) is 2.32. The van der Waals surface area contributed by atoms with Crippen LogP contribution >= 0.6 is 0 Å². The van der Waals surface area contributed by atoms with Gasteiger partial charge in [0.2, 0.25) is 0 Å². The Kier molecular flexibility index (Phi) is 6.18. The van der Waals surface area contributed by atoms with Crippen LogP contribution in [0.1, 0.15) is 18.5 Å². The summed E-state index contributed by atoms with van der Waals surface area (Å²) in [5.41, 5.74) is 6.09. The molecule has 0 heterocycles. The summed E-state index contributed by atoms with van der Waals surface area (Å²) in [5.74, 6) is -0.944. The number of likely N-dealkylation sites (N-methyl/N-ethyl adjacent to an activating group) is 1. The Bertz CT molecular complexity index is 374. The van der Waals surface area contributed by atoms with Crippen LogP contribution < -0.4 is 5.73 Å². The molecule has 1 unspecified atom stereocenters. The predicted molar refractivity (Wildman–Crippen MR) is 67.3 cm³/mol. The van der Waals surface area contributed by atoms with E-state index in [9.17, 15) is 8.78 Å². The van der Waals surface area contributed by atoms with Crippen molar-refractivity contribution in [2.45, 2.75) is 13.0 Å². The van der Waals surface area contributed by atoms with Crippen molar-refractivity contribution in [3.05, 3.63) is 35.4 Å². The number of hydrogen-bond donors (Lipinski definition) is 1. The van der Waals surface area contributed by atoms with Gasteiger partial charge in [-0.25, -0.2) is 8.78 Å². The standard InChI is InChI=1S/C13H20F2N2O/c1-3-18-7-6-17(2)9-13(16)11-8-10(14)4-5-12(11)15/h4-5,8,13H,3,6-7,9,16H2,1-2H3. The maximum Gasteiger partial charge on any atom is 0.128 e. The highest BCUT2D eigenvalue weighted by atomic mass is 19.1. The largest absolute Gasteiger partial charge is 0.380 e. The number of benzene rings is 1. The fourth-order valence-electron chi connectivity index (χ4n) is 1.69. The molecule has 0 aliphatic carbocycles. The summed E-state index contributed by atoms with van der Waals surface area (Å²) in [4.78, 5) is 1.94. The van der Waals surface area contributed by atoms with E-state index in [0.29, 0.717) is 26.3 Å². The van der Waals surface area contributed by atoms with E-state index in [4.69, 9.17) is 10.5 Å². The molecule has 0 amide bonds. The molecule has 0 fully saturated rings. The summed E-state index contributed by atoms with van der Waals surface area (Å²) in [7, 11) is 1.87. The molecule has 1 rings (SSSR count). The molecular formula is C13H20F2N2O. The van der Waals surface area contributed by atoms with Crippen molar-refractivity contribution in [1.82, 2.24) is 4.90 Å². The third-order valence-corrected chi connectivity index (χ3v) is 2.69. The van der Waals surface area contributed by atoms with Crippen molar-refractivity contribution in [2.75, 3.05) is 33.4 Å². The smallest absolute Gasteiger partial charge is 0.128 e. The quantitative estimate of drug-likeness (QED) is 0.760. The van der Waals surface area contributed by atoms with Crippen molar-refractivity contribution in [2.24, 2.45) is 5.73 Å². The van der Waals surface area contributed by atoms with Gasteiger partial charge in [-0.3, -0.25) is 0 Å². The van der Waals surface area contributed by atoms with Crippen LogP contribution in [-0.2, 0) is 4.74 Å². The maximum absolute atomic E-state index is 13.5. The van der Waals surface area contributed by atoms with Crippen molar-refractivity contribution in [3.63, 3.8) is 0 Å². The minimum atomic E-state index is -0.549. The van der Waals surface area contributed by atoms with Crippen LogP contribution in [0.25, 0.3) is 0 Å². The molecule has 0 bridgehead atoms. The summed E-state index contributed by atoms with van der Waals surface area (Å²) >= 11 is 0. The van der Waals surface area contributed by atoms with E-state index in [0.717, 1.165) is 18.2 Å². The molecule has 1 aromatic rings. The lowest BCUT2D eigenvalue weighted by atomic mass is 10.1. The molecule has 1 atom stereocenters. The molecule has 0 aliphatic heterocycles. The van der Waals surface area contributed by atoms with Crippen LogP contribution in [-0.4, -0.2) is 38.3 Å². The Morgan fingerprint density at radius 3 is 2.78 bits per heavy atom. The van der Waals surface area contributed by atoms with E-state index >= 15 is 0 Å². The third-order valence-electron chi connectivity index (χ3n) is 2.69. The van der Waals surface area contributed by atoms with Gasteiger partial charge >= 0.3 is 0 Å². The zero-order chi connectivity index (χ0) is 13.5. The van der Waals surface area contributed by atoms with Crippen LogP contribution in [0, 0.1) is 11.6 Å². The van der Waals surface area contributed by atoms with Crippen molar-refractivity contribution in [3.8, 4) is 0 Å². The van der Waals surface area contributed by atoms with Crippen molar-refractivity contribution < 1.29 is 13.5 Å². The van der Waals surface area contributed by atoms with Crippen molar-refractivity contribution in [1.29, 1.82) is 0 Å². The molecule has 0 aromatic heterocycles. The highest BCUT2D eigenvalue weighted by Gasteiger charge is 2.14. The summed E-state index contributed by atoms with van der Waals surface area (Å²) in [5, 5.41) is 0. The monoisotopic (exact) mass is 258 g/mol. The van der Waals surface area contributed by atoms with Gasteiger partial charge in [-0.1, -0.05) is 0 Å². The Labute approximate surface area is 107 Å². The number of halogens is 2. The SMILES string of the molecule is CCOCCN(C)CC(N)c1cc(F)ccc1F. The Hall–Kier alpha value is -1.04. The molecule has 0 saturated heterocycles. The molecule has 0 spiro atoms. The lowest BCUT2D eigenvalue weighted by Gasteiger charge is -2.21. The summed E-state index contributed by atoms with van der Waals surface area (Å²) in [6.45, 7) is 4.35. The number of nitrogens with zero attached hydrogens (tertiary/aromatic N) is 1. The summed E-state index contributed by atoms with van der Waals surface area (Å²) < 4.78 is 31.7. The second kappa shape index (κ2) is 7.41. The first-order valence-electron chi connectivity index (χ1n) is 6.01. The van der Waals surface area contributed by atoms with E-state index in [1.807, 2.05) is 18.9 Å². The maximum atomic E-state index is 13.5. The van der Waals surface area contributed by atoms with Gasteiger partial charge in [-0.05, 0) is 32.2 Å². The van der Waals surface area contributed by atoms with Gasteiger partial charge in [-0.2, -0.15) is 0 Å². The van der Waals surface area contributed by atoms with Crippen LogP contribution in [0.3, 0.4) is 0 Å². The van der Waals surface area contributed by atoms with E-state index in [1.165, 1.54) is 0 Å². The predicted octanol–water partition coefficient (Wildman–Crippen LogP) is 1.93. The topological polar surface area (TPSA) is 38.5 Å². The zero-order valence-electron chi connectivity index (χ0n) is 10.8. The average molecular weight is 258 g/mol. The Morgan fingerprint density at radius 1 is 1.39 bits per heavy atom. The van der Waals surface area contributed by atoms with Gasteiger partial charge < -0.3 is 15.4 Å². The molecule has 18 heavy (non-hydrogen) atoms. The van der Waals surface area contributed by atoms with Crippen LogP contribution in [0.2, 0.25) is 0 Å². The lowest BCUT2D eigenvalue weighted by Crippen LogP contribution is -2.32. The third kappa shape index (κ3) is 4.68. The normalized spacial score (nSPS) is 13.0. The van der Waals surface area contributed by atoms with Gasteiger partial charge in [0.05, 0.1) is 6.61 Å². The molecular weight excluding hydrogens is 238 g/mol. The number of hydrogen-bond acceptors (Lipinski definition) is 3. The van der Waals surface area contributed by atoms with E-state index in [1.54, 1.807) is 0 Å². The van der Waals surface area contributed by atoms with E-state index < -0.39 is 17.7 Å². The molecule has 0 radical (unpaired) electrons. The minimum absolute atomic E-state index is 0.207. The molecule has 102 valence electrons. The van der Waals surface area contributed by atoms with Crippen molar-refractivity contribution >= 4 is 0 Å². The van der Waals surface area contributed by atoms with Crippen LogP contribution in [0.15, 0.2) is 18.2 Å². The fraction of sp³-hybridized carbons (Fsp3) is 0.538. The second-order valence-electron chi connectivity index (χ2n) is 4.23. The van der Waals surface area contributed by atoms with E-state index in [-0.39, 0.29) is 5.56 Å². The first kappa shape index (κ1) is 15.0. The highest BCUT2D eigenvalue weighted by molar-refractivity contribution is 5.22. The Morgan fingerprint density at radius 2 is 2.11 bits per heavy atom. The van der Waals surface area contributed by atoms with Gasteiger partial charge in [-0.15, -0.1) is 0 Å². The van der Waals surface area contributed by atoms with Gasteiger partial charge in [0.1, 0.15) is 11.6 Å². The van der Waals surface area contributed by atoms with E-state index in [2.05, 4.69) is 0 Å². The summed E-state index contributed by atoms with van der Waals surface area (Å²) in [6, 6.07) is 2.79. The van der Waals surface area contributed by atoms with Gasteiger partial charge in [0, 0.05) is 31.3 Å². The first-order chi connectivity index (χ1) is 8.54. The molecule has 1 aromatic carbocycles. The highest BCUT2D eigenvalue weighted by Crippen LogP contribution is 2.17. The number of nitrogens with two attached hydrogens (primary N) is 1. The molecule has 3 nitrogen and oxygen atoms in total. The van der Waals surface area contributed by atoms with Crippen LogP contribution in [0.5, 0.6) is 0 Å². The Balaban J connectivity index is 2.53. The fourth-order valence-corrected chi connectivity index (χ4v) is 1.69. The molecule has 5 heteroatoms. The second-order valence-corrected chi connectivity index (χ2v) is 4.23. The molecule has 0 saturated carbocycles. The summed E-state index contributed by atoms with van der Waals surface area (Å²) in [6.07, 6.45) is 0. The number of rotatable bonds is 7. The minimum Gasteiger partial charge on any atom is -0.380 e. The number of ether oxygens (including phenoxy) is 1. The molecule has 0 aliphatic rings. The lowest BCUT2D eigenvalue weighted by molar-refractivity contribution is 0.120. The zero-order valence-corrected chi connectivity index (χ0v) is 10.8. The van der Waals surface area contributed by atoms with Gasteiger partial charge in [0.25, 0.3) is 0 Å². The first-order valence-corrected chi connectivity index (χ1v) is 6.01.